The van der Waals surface area contributed by atoms with Crippen molar-refractivity contribution in [2.75, 3.05) is 18.8 Å². The first kappa shape index (κ1) is 14.1. The zero-order chi connectivity index (χ0) is 12.0. The highest BCUT2D eigenvalue weighted by Gasteiger charge is 2.04. The summed E-state index contributed by atoms with van der Waals surface area (Å²) in [5, 5.41) is 5.20. The molecule has 4 nitrogen and oxygen atoms in total. The van der Waals surface area contributed by atoms with Crippen LogP contribution < -0.4 is 10.0 Å². The molecular formula is C9H15BrN2O2S2. The number of sulfonamides is 1. The van der Waals surface area contributed by atoms with Crippen molar-refractivity contribution in [3.8, 4) is 0 Å². The number of halogens is 1. The van der Waals surface area contributed by atoms with E-state index >= 15 is 0 Å². The molecule has 1 aromatic rings. The van der Waals surface area contributed by atoms with Crippen LogP contribution in [0.4, 0.5) is 0 Å². The van der Waals surface area contributed by atoms with Gasteiger partial charge in [0.25, 0.3) is 0 Å². The van der Waals surface area contributed by atoms with Gasteiger partial charge in [0.2, 0.25) is 10.0 Å². The van der Waals surface area contributed by atoms with E-state index in [1.54, 1.807) is 18.3 Å². The molecule has 0 atom stereocenters. The summed E-state index contributed by atoms with van der Waals surface area (Å²) in [7, 11) is -3.06. The first-order chi connectivity index (χ1) is 7.53. The molecule has 1 aromatic heterocycles. The van der Waals surface area contributed by atoms with Crippen LogP contribution in [0.1, 0.15) is 11.8 Å². The lowest BCUT2D eigenvalue weighted by Crippen LogP contribution is -2.32. The first-order valence-electron chi connectivity index (χ1n) is 4.94. The van der Waals surface area contributed by atoms with Gasteiger partial charge in [0.15, 0.2) is 0 Å². The van der Waals surface area contributed by atoms with Crippen molar-refractivity contribution in [2.24, 2.45) is 0 Å². The SMILES string of the molecule is CCS(=O)(=O)NCCNCc1cc(Br)cs1. The summed E-state index contributed by atoms with van der Waals surface area (Å²) in [5.41, 5.74) is 0. The van der Waals surface area contributed by atoms with Crippen molar-refractivity contribution < 1.29 is 8.42 Å². The average Bonchev–Trinajstić information content (AvgIpc) is 2.64. The molecule has 0 saturated heterocycles. The molecule has 0 aliphatic carbocycles. The van der Waals surface area contributed by atoms with Crippen molar-refractivity contribution in [1.29, 1.82) is 0 Å². The highest BCUT2D eigenvalue weighted by molar-refractivity contribution is 9.10. The molecule has 0 saturated carbocycles. The Bertz CT molecular complexity index is 417. The third kappa shape index (κ3) is 5.40. The average molecular weight is 327 g/mol. The Kier molecular flexibility index (Phi) is 5.91. The van der Waals surface area contributed by atoms with Gasteiger partial charge in [-0.2, -0.15) is 0 Å². The fourth-order valence-electron chi connectivity index (χ4n) is 1.06. The predicted octanol–water partition coefficient (Wildman–Crippen LogP) is 1.54. The van der Waals surface area contributed by atoms with Gasteiger partial charge in [-0.05, 0) is 28.9 Å². The van der Waals surface area contributed by atoms with E-state index < -0.39 is 10.0 Å². The van der Waals surface area contributed by atoms with Crippen LogP contribution in [0.25, 0.3) is 0 Å². The summed E-state index contributed by atoms with van der Waals surface area (Å²) in [6.07, 6.45) is 0. The fraction of sp³-hybridized carbons (Fsp3) is 0.556. The minimum Gasteiger partial charge on any atom is -0.311 e. The van der Waals surface area contributed by atoms with Crippen molar-refractivity contribution in [3.05, 3.63) is 20.8 Å². The zero-order valence-electron chi connectivity index (χ0n) is 8.99. The maximum Gasteiger partial charge on any atom is 0.211 e. The smallest absolute Gasteiger partial charge is 0.211 e. The van der Waals surface area contributed by atoms with Crippen LogP contribution in [-0.4, -0.2) is 27.3 Å². The Balaban J connectivity index is 2.13. The Morgan fingerprint density at radius 1 is 1.44 bits per heavy atom. The van der Waals surface area contributed by atoms with E-state index in [-0.39, 0.29) is 5.75 Å². The lowest BCUT2D eigenvalue weighted by Gasteiger charge is -2.05. The molecule has 0 bridgehead atoms. The summed E-state index contributed by atoms with van der Waals surface area (Å²) in [4.78, 5) is 1.23. The van der Waals surface area contributed by atoms with E-state index in [4.69, 9.17) is 0 Å². The molecule has 7 heteroatoms. The van der Waals surface area contributed by atoms with Crippen molar-refractivity contribution in [3.63, 3.8) is 0 Å². The lowest BCUT2D eigenvalue weighted by atomic mass is 10.4. The predicted molar refractivity (Wildman–Crippen MR) is 71.2 cm³/mol. The van der Waals surface area contributed by atoms with Gasteiger partial charge in [-0.15, -0.1) is 11.3 Å². The molecule has 92 valence electrons. The molecular weight excluding hydrogens is 312 g/mol. The second kappa shape index (κ2) is 6.70. The number of hydrogen-bond donors (Lipinski definition) is 2. The maximum absolute atomic E-state index is 11.1. The van der Waals surface area contributed by atoms with Crippen molar-refractivity contribution in [2.45, 2.75) is 13.5 Å². The molecule has 0 fully saturated rings. The summed E-state index contributed by atoms with van der Waals surface area (Å²) in [6.45, 7) is 3.46. The summed E-state index contributed by atoms with van der Waals surface area (Å²) in [5.74, 6) is 0.130. The molecule has 0 spiro atoms. The van der Waals surface area contributed by atoms with Crippen LogP contribution >= 0.6 is 27.3 Å². The van der Waals surface area contributed by atoms with Crippen LogP contribution in [0.3, 0.4) is 0 Å². The Morgan fingerprint density at radius 3 is 2.75 bits per heavy atom. The van der Waals surface area contributed by atoms with E-state index in [2.05, 4.69) is 26.0 Å². The second-order valence-corrected chi connectivity index (χ2v) is 7.21. The van der Waals surface area contributed by atoms with Gasteiger partial charge in [0.1, 0.15) is 0 Å². The summed E-state index contributed by atoms with van der Waals surface area (Å²) in [6, 6.07) is 2.05. The number of thiophene rings is 1. The van der Waals surface area contributed by atoms with Crippen LogP contribution in [0, 0.1) is 0 Å². The topological polar surface area (TPSA) is 58.2 Å². The van der Waals surface area contributed by atoms with Crippen molar-refractivity contribution >= 4 is 37.3 Å². The molecule has 16 heavy (non-hydrogen) atoms. The molecule has 1 heterocycles. The van der Waals surface area contributed by atoms with Crippen LogP contribution in [-0.2, 0) is 16.6 Å². The zero-order valence-corrected chi connectivity index (χ0v) is 12.2. The molecule has 0 aliphatic rings. The van der Waals surface area contributed by atoms with Crippen LogP contribution in [0.15, 0.2) is 15.9 Å². The number of nitrogens with one attached hydrogen (secondary N) is 2. The van der Waals surface area contributed by atoms with Crippen LogP contribution in [0.2, 0.25) is 0 Å². The Hall–Kier alpha value is 0.0500. The maximum atomic E-state index is 11.1. The Labute approximate surface area is 109 Å². The van der Waals surface area contributed by atoms with Gasteiger partial charge in [-0.3, -0.25) is 0 Å². The molecule has 1 rings (SSSR count). The standard InChI is InChI=1S/C9H15BrN2O2S2/c1-2-16(13,14)12-4-3-11-6-9-5-8(10)7-15-9/h5,7,11-12H,2-4,6H2,1H3. The second-order valence-electron chi connectivity index (χ2n) is 3.21. The van der Waals surface area contributed by atoms with Gasteiger partial charge in [0, 0.05) is 34.4 Å². The molecule has 2 N–H and O–H groups in total. The van der Waals surface area contributed by atoms with E-state index in [1.165, 1.54) is 4.88 Å². The minimum atomic E-state index is -3.06. The van der Waals surface area contributed by atoms with E-state index in [0.29, 0.717) is 13.1 Å². The monoisotopic (exact) mass is 326 g/mol. The van der Waals surface area contributed by atoms with Gasteiger partial charge >= 0.3 is 0 Å². The largest absolute Gasteiger partial charge is 0.311 e. The van der Waals surface area contributed by atoms with Crippen LogP contribution in [0.5, 0.6) is 0 Å². The van der Waals surface area contributed by atoms with Gasteiger partial charge < -0.3 is 5.32 Å². The van der Waals surface area contributed by atoms with Crippen molar-refractivity contribution in [1.82, 2.24) is 10.0 Å². The third-order valence-electron chi connectivity index (χ3n) is 1.92. The van der Waals surface area contributed by atoms with E-state index in [9.17, 15) is 8.42 Å². The first-order valence-corrected chi connectivity index (χ1v) is 8.27. The highest BCUT2D eigenvalue weighted by Crippen LogP contribution is 2.19. The van der Waals surface area contributed by atoms with Gasteiger partial charge in [0.05, 0.1) is 5.75 Å². The molecule has 0 aromatic carbocycles. The Morgan fingerprint density at radius 2 is 2.19 bits per heavy atom. The summed E-state index contributed by atoms with van der Waals surface area (Å²) >= 11 is 5.05. The van der Waals surface area contributed by atoms with Gasteiger partial charge in [-0.25, -0.2) is 13.1 Å². The number of rotatable bonds is 7. The summed E-state index contributed by atoms with van der Waals surface area (Å²) < 4.78 is 25.8. The molecule has 0 unspecified atom stereocenters. The lowest BCUT2D eigenvalue weighted by molar-refractivity contribution is 0.577. The fourth-order valence-corrected chi connectivity index (χ4v) is 3.09. The third-order valence-corrected chi connectivity index (χ3v) is 5.03. The quantitative estimate of drug-likeness (QED) is 0.747. The highest BCUT2D eigenvalue weighted by atomic mass is 79.9. The van der Waals surface area contributed by atoms with E-state index in [0.717, 1.165) is 11.0 Å². The molecule has 0 amide bonds. The number of hydrogen-bond acceptors (Lipinski definition) is 4. The normalized spacial score (nSPS) is 11.9. The minimum absolute atomic E-state index is 0.130. The van der Waals surface area contributed by atoms with E-state index in [1.807, 2.05) is 11.4 Å². The molecule has 0 radical (unpaired) electrons. The van der Waals surface area contributed by atoms with Gasteiger partial charge in [-0.1, -0.05) is 0 Å². The molecule has 0 aliphatic heterocycles.